The highest BCUT2D eigenvalue weighted by Crippen LogP contribution is 2.39. The molecule has 5 rings (SSSR count). The molecule has 2 aromatic carbocycles. The van der Waals surface area contributed by atoms with Crippen LogP contribution < -0.4 is 9.64 Å². The largest absolute Gasteiger partial charge is 0.430 e. The second-order valence-electron chi connectivity index (χ2n) is 7.08. The van der Waals surface area contributed by atoms with E-state index < -0.39 is 16.4 Å². The minimum Gasteiger partial charge on any atom is -0.430 e. The van der Waals surface area contributed by atoms with Crippen molar-refractivity contribution in [2.45, 2.75) is 13.0 Å². The monoisotopic (exact) mass is 439 g/mol. The van der Waals surface area contributed by atoms with Crippen molar-refractivity contribution in [2.24, 2.45) is 0 Å². The molecule has 0 fully saturated rings. The molecule has 0 radical (unpaired) electrons. The van der Waals surface area contributed by atoms with Crippen molar-refractivity contribution in [3.8, 4) is 11.6 Å². The fourth-order valence-corrected chi connectivity index (χ4v) is 4.01. The van der Waals surface area contributed by atoms with Crippen LogP contribution in [0.25, 0.3) is 10.9 Å². The number of hydrogen-bond acceptors (Lipinski definition) is 6. The minimum atomic E-state index is -0.748. The summed E-state index contributed by atoms with van der Waals surface area (Å²) in [6.07, 6.45) is 1.87. The number of rotatable bonds is 4. The lowest BCUT2D eigenvalue weighted by Gasteiger charge is -2.27. The topological polar surface area (TPSA) is 97.2 Å². The van der Waals surface area contributed by atoms with Gasteiger partial charge in [0.1, 0.15) is 6.33 Å². The van der Waals surface area contributed by atoms with E-state index in [0.717, 1.165) is 22.7 Å². The minimum absolute atomic E-state index is 0.119. The van der Waals surface area contributed by atoms with Gasteiger partial charge in [0.25, 0.3) is 0 Å². The van der Waals surface area contributed by atoms with E-state index >= 15 is 0 Å². The van der Waals surface area contributed by atoms with Gasteiger partial charge in [-0.1, -0.05) is 29.8 Å². The van der Waals surface area contributed by atoms with Gasteiger partial charge in [-0.3, -0.25) is 10.1 Å². The smallest absolute Gasteiger partial charge is 0.373 e. The molecule has 1 aliphatic rings. The molecule has 0 bridgehead atoms. The van der Waals surface area contributed by atoms with Crippen molar-refractivity contribution in [3.05, 3.63) is 81.0 Å². The Hall–Kier alpha value is -3.72. The Kier molecular flexibility index (Phi) is 4.67. The number of aromatic amines is 1. The van der Waals surface area contributed by atoms with E-state index in [1.165, 1.54) is 24.0 Å². The van der Waals surface area contributed by atoms with Crippen molar-refractivity contribution in [1.29, 1.82) is 0 Å². The van der Waals surface area contributed by atoms with E-state index in [4.69, 9.17) is 16.3 Å². The predicted octanol–water partition coefficient (Wildman–Crippen LogP) is 5.01. The van der Waals surface area contributed by atoms with Crippen LogP contribution in [0, 0.1) is 15.9 Å². The van der Waals surface area contributed by atoms with Crippen LogP contribution in [0.3, 0.4) is 0 Å². The van der Waals surface area contributed by atoms with Crippen LogP contribution in [0.15, 0.2) is 48.8 Å². The Balaban J connectivity index is 1.52. The van der Waals surface area contributed by atoms with E-state index in [2.05, 4.69) is 21.0 Å². The molecule has 156 valence electrons. The van der Waals surface area contributed by atoms with Gasteiger partial charge < -0.3 is 14.6 Å². The Labute approximate surface area is 180 Å². The summed E-state index contributed by atoms with van der Waals surface area (Å²) in [4.78, 5) is 24.5. The van der Waals surface area contributed by atoms with E-state index in [0.29, 0.717) is 19.5 Å². The summed E-state index contributed by atoms with van der Waals surface area (Å²) in [5.74, 6) is -1.18. The van der Waals surface area contributed by atoms with Gasteiger partial charge in [-0.25, -0.2) is 9.37 Å². The molecule has 1 aliphatic heterocycles. The first kappa shape index (κ1) is 19.3. The first-order chi connectivity index (χ1) is 15.0. The average molecular weight is 440 g/mol. The third-order valence-electron chi connectivity index (χ3n) is 5.23. The zero-order chi connectivity index (χ0) is 21.5. The number of fused-ring (bicyclic) bond motifs is 3. The zero-order valence-corrected chi connectivity index (χ0v) is 16.8. The molecule has 0 unspecified atom stereocenters. The molecule has 31 heavy (non-hydrogen) atoms. The molecule has 1 N–H and O–H groups in total. The molecule has 0 amide bonds. The number of nitrogens with one attached hydrogen (secondary N) is 1. The first-order valence-electron chi connectivity index (χ1n) is 9.47. The number of aromatic nitrogens is 3. The predicted molar refractivity (Wildman–Crippen MR) is 113 cm³/mol. The van der Waals surface area contributed by atoms with Crippen LogP contribution >= 0.6 is 11.6 Å². The van der Waals surface area contributed by atoms with Crippen LogP contribution in [-0.4, -0.2) is 26.4 Å². The van der Waals surface area contributed by atoms with Crippen LogP contribution in [0.2, 0.25) is 5.02 Å². The van der Waals surface area contributed by atoms with Gasteiger partial charge >= 0.3 is 11.6 Å². The van der Waals surface area contributed by atoms with Crippen molar-refractivity contribution in [2.75, 3.05) is 11.4 Å². The third-order valence-corrected chi connectivity index (χ3v) is 5.47. The molecular formula is C21H15ClFN5O3. The summed E-state index contributed by atoms with van der Waals surface area (Å²) in [7, 11) is 0. The number of anilines is 1. The van der Waals surface area contributed by atoms with Crippen molar-refractivity contribution in [1.82, 2.24) is 15.0 Å². The van der Waals surface area contributed by atoms with Crippen LogP contribution in [0.5, 0.6) is 11.6 Å². The Bertz CT molecular complexity index is 1330. The number of benzene rings is 2. The summed E-state index contributed by atoms with van der Waals surface area (Å²) in [5.41, 5.74) is 2.78. The van der Waals surface area contributed by atoms with Gasteiger partial charge in [0, 0.05) is 28.2 Å². The second-order valence-corrected chi connectivity index (χ2v) is 7.52. The molecule has 10 heteroatoms. The molecule has 3 heterocycles. The van der Waals surface area contributed by atoms with Crippen LogP contribution in [-0.2, 0) is 13.0 Å². The second kappa shape index (κ2) is 7.51. The summed E-state index contributed by atoms with van der Waals surface area (Å²) in [5, 5.41) is 13.2. The Morgan fingerprint density at radius 1 is 1.23 bits per heavy atom. The highest BCUT2D eigenvalue weighted by Gasteiger charge is 2.32. The number of hydrogen-bond donors (Lipinski definition) is 1. The maximum Gasteiger partial charge on any atom is 0.373 e. The lowest BCUT2D eigenvalue weighted by molar-refractivity contribution is -0.385. The molecule has 0 saturated carbocycles. The van der Waals surface area contributed by atoms with Gasteiger partial charge in [0.15, 0.2) is 11.6 Å². The van der Waals surface area contributed by atoms with Crippen molar-refractivity contribution < 1.29 is 14.1 Å². The lowest BCUT2D eigenvalue weighted by atomic mass is 10.0. The summed E-state index contributed by atoms with van der Waals surface area (Å²) >= 11 is 5.76. The maximum absolute atomic E-state index is 14.2. The standard InChI is InChI=1S/C21H15ClFN5O3/c22-12-5-6-18(15(23)9-12)31-21-19(28(29)30)20(24-11-25-21)27-8-7-14-13-3-1-2-4-16(13)26-17(14)10-27/h1-6,9,11,26H,7-8,10H2. The van der Waals surface area contributed by atoms with Crippen molar-refractivity contribution >= 4 is 34.0 Å². The number of halogens is 2. The summed E-state index contributed by atoms with van der Waals surface area (Å²) in [6.45, 7) is 0.943. The highest BCUT2D eigenvalue weighted by molar-refractivity contribution is 6.30. The van der Waals surface area contributed by atoms with Gasteiger partial charge in [0.05, 0.1) is 11.5 Å². The Morgan fingerprint density at radius 2 is 2.06 bits per heavy atom. The highest BCUT2D eigenvalue weighted by atomic mass is 35.5. The SMILES string of the molecule is O=[N+]([O-])c1c(Oc2ccc(Cl)cc2F)ncnc1N1CCc2c([nH]c3ccccc23)C1. The lowest BCUT2D eigenvalue weighted by Crippen LogP contribution is -2.31. The van der Waals surface area contributed by atoms with Crippen molar-refractivity contribution in [3.63, 3.8) is 0 Å². The van der Waals surface area contributed by atoms with Gasteiger partial charge in [-0.15, -0.1) is 0 Å². The molecule has 4 aromatic rings. The molecular weight excluding hydrogens is 425 g/mol. The van der Waals surface area contributed by atoms with E-state index in [9.17, 15) is 14.5 Å². The normalized spacial score (nSPS) is 13.3. The van der Waals surface area contributed by atoms with Gasteiger partial charge in [-0.2, -0.15) is 4.98 Å². The molecule has 0 saturated heterocycles. The average Bonchev–Trinajstić information content (AvgIpc) is 3.13. The van der Waals surface area contributed by atoms with Crippen LogP contribution in [0.4, 0.5) is 15.9 Å². The fraction of sp³-hybridized carbons (Fsp3) is 0.143. The number of para-hydroxylation sites is 1. The number of H-pyrrole nitrogens is 1. The van der Waals surface area contributed by atoms with E-state index in [1.54, 1.807) is 4.90 Å². The molecule has 0 spiro atoms. The zero-order valence-electron chi connectivity index (χ0n) is 16.0. The third kappa shape index (κ3) is 3.42. The Morgan fingerprint density at radius 3 is 2.87 bits per heavy atom. The van der Waals surface area contributed by atoms with E-state index in [1.807, 2.05) is 18.2 Å². The fourth-order valence-electron chi connectivity index (χ4n) is 3.86. The summed E-state index contributed by atoms with van der Waals surface area (Å²) < 4.78 is 19.6. The summed E-state index contributed by atoms with van der Waals surface area (Å²) in [6, 6.07) is 11.8. The van der Waals surface area contributed by atoms with Gasteiger partial charge in [-0.05, 0) is 36.2 Å². The molecule has 0 aliphatic carbocycles. The number of nitrogens with zero attached hydrogens (tertiary/aromatic N) is 4. The maximum atomic E-state index is 14.2. The number of nitro groups is 1. The quantitative estimate of drug-likeness (QED) is 0.354. The molecule has 8 nitrogen and oxygen atoms in total. The van der Waals surface area contributed by atoms with Gasteiger partial charge in [0.2, 0.25) is 5.82 Å². The molecule has 2 aromatic heterocycles. The number of ether oxygens (including phenoxy) is 1. The van der Waals surface area contributed by atoms with Crippen LogP contribution in [0.1, 0.15) is 11.3 Å². The van der Waals surface area contributed by atoms with E-state index in [-0.39, 0.29) is 22.5 Å². The molecule has 0 atom stereocenters. The first-order valence-corrected chi connectivity index (χ1v) is 9.85.